The van der Waals surface area contributed by atoms with E-state index < -0.39 is 23.5 Å². The number of pyridine rings is 1. The number of allylic oxidation sites excluding steroid dienone is 1. The summed E-state index contributed by atoms with van der Waals surface area (Å²) in [6.45, 7) is 3.79. The van der Waals surface area contributed by atoms with E-state index in [1.165, 1.54) is 36.5 Å². The fraction of sp³-hybridized carbons (Fsp3) is 0.318. The predicted octanol–water partition coefficient (Wildman–Crippen LogP) is 6.09. The lowest BCUT2D eigenvalue weighted by Crippen LogP contribution is -2.46. The third-order valence-electron chi connectivity index (χ3n) is 5.47. The number of rotatable bonds is 1. The van der Waals surface area contributed by atoms with E-state index in [-0.39, 0.29) is 44.9 Å². The van der Waals surface area contributed by atoms with Crippen LogP contribution >= 0.6 is 23.2 Å². The average Bonchev–Trinajstić information content (AvgIpc) is 2.80. The van der Waals surface area contributed by atoms with Gasteiger partial charge in [0.1, 0.15) is 0 Å². The molecule has 2 aliphatic rings. The molecule has 0 spiro atoms. The van der Waals surface area contributed by atoms with Crippen molar-refractivity contribution in [1.29, 1.82) is 0 Å². The van der Waals surface area contributed by atoms with Crippen molar-refractivity contribution in [1.82, 2.24) is 4.98 Å². The van der Waals surface area contributed by atoms with Crippen LogP contribution in [0.1, 0.15) is 38.3 Å². The van der Waals surface area contributed by atoms with Gasteiger partial charge in [0.15, 0.2) is 11.6 Å². The van der Waals surface area contributed by atoms with Crippen molar-refractivity contribution in [3.63, 3.8) is 0 Å². The van der Waals surface area contributed by atoms with E-state index in [1.807, 2.05) is 13.8 Å². The standard InChI is InChI=1S/C22H18Cl2F3N3O2/c1-21(2)9-15-17(16(31)10-21)18(12-6-5-11(23)8-13(12)24)30(20(32)22(25,26)27)19-14(29-15)4-3-7-28-19/h3-8,18,29H,9-10H2,1-2H3. The SMILES string of the molecule is CC1(C)CC(=O)C2=C(C1)Nc1cccnc1N(C(=O)C(F)(F)F)C2c1ccc(Cl)cc1Cl. The topological polar surface area (TPSA) is 62.3 Å². The Morgan fingerprint density at radius 2 is 1.94 bits per heavy atom. The van der Waals surface area contributed by atoms with E-state index in [1.54, 1.807) is 0 Å². The molecule has 1 aliphatic heterocycles. The van der Waals surface area contributed by atoms with E-state index >= 15 is 0 Å². The molecule has 0 saturated heterocycles. The number of nitrogens with one attached hydrogen (secondary N) is 1. The van der Waals surface area contributed by atoms with Gasteiger partial charge in [-0.05, 0) is 41.7 Å². The summed E-state index contributed by atoms with van der Waals surface area (Å²) < 4.78 is 41.3. The molecule has 1 amide bonds. The number of hydrogen-bond acceptors (Lipinski definition) is 4. The van der Waals surface area contributed by atoms with Gasteiger partial charge in [0.2, 0.25) is 0 Å². The van der Waals surface area contributed by atoms with Crippen molar-refractivity contribution in [3.05, 3.63) is 63.4 Å². The first kappa shape index (κ1) is 22.6. The van der Waals surface area contributed by atoms with Crippen LogP contribution < -0.4 is 10.2 Å². The zero-order valence-corrected chi connectivity index (χ0v) is 18.6. The highest BCUT2D eigenvalue weighted by molar-refractivity contribution is 6.35. The molecule has 32 heavy (non-hydrogen) atoms. The number of aromatic nitrogens is 1. The maximum Gasteiger partial charge on any atom is 0.471 e. The quantitative estimate of drug-likeness (QED) is 0.532. The molecular formula is C22H18Cl2F3N3O2. The van der Waals surface area contributed by atoms with Crippen molar-refractivity contribution >= 4 is 46.4 Å². The summed E-state index contributed by atoms with van der Waals surface area (Å²) in [7, 11) is 0. The second-order valence-electron chi connectivity index (χ2n) is 8.57. The lowest BCUT2D eigenvalue weighted by Gasteiger charge is -2.37. The number of nitrogens with zero attached hydrogens (tertiary/aromatic N) is 2. The molecule has 1 aromatic heterocycles. The molecule has 1 aliphatic carbocycles. The first-order valence-corrected chi connectivity index (χ1v) is 10.5. The van der Waals surface area contributed by atoms with Gasteiger partial charge in [-0.3, -0.25) is 14.5 Å². The Hall–Kier alpha value is -2.58. The van der Waals surface area contributed by atoms with Crippen LogP contribution in [-0.2, 0) is 9.59 Å². The number of carbonyl (C=O) groups is 2. The minimum atomic E-state index is -5.21. The van der Waals surface area contributed by atoms with Gasteiger partial charge in [0, 0.05) is 33.9 Å². The van der Waals surface area contributed by atoms with Crippen LogP contribution in [0.25, 0.3) is 0 Å². The highest BCUT2D eigenvalue weighted by Crippen LogP contribution is 2.49. The number of amides is 1. The Kier molecular flexibility index (Phi) is 5.49. The Labute approximate surface area is 192 Å². The molecule has 0 fully saturated rings. The largest absolute Gasteiger partial charge is 0.471 e. The third-order valence-corrected chi connectivity index (χ3v) is 6.03. The van der Waals surface area contributed by atoms with Gasteiger partial charge < -0.3 is 5.32 Å². The summed E-state index contributed by atoms with van der Waals surface area (Å²) in [5.41, 5.74) is 0.409. The smallest absolute Gasteiger partial charge is 0.355 e. The molecule has 1 unspecified atom stereocenters. The Bertz CT molecular complexity index is 1160. The van der Waals surface area contributed by atoms with Gasteiger partial charge in [-0.15, -0.1) is 0 Å². The van der Waals surface area contributed by atoms with E-state index in [0.29, 0.717) is 17.0 Å². The third kappa shape index (κ3) is 3.97. The van der Waals surface area contributed by atoms with E-state index in [9.17, 15) is 22.8 Å². The van der Waals surface area contributed by atoms with Crippen LogP contribution in [-0.4, -0.2) is 22.9 Å². The summed E-state index contributed by atoms with van der Waals surface area (Å²) in [6.07, 6.45) is -3.44. The first-order chi connectivity index (χ1) is 14.9. The van der Waals surface area contributed by atoms with Crippen molar-refractivity contribution in [2.24, 2.45) is 5.41 Å². The average molecular weight is 484 g/mol. The van der Waals surface area contributed by atoms with E-state index in [0.717, 1.165) is 0 Å². The van der Waals surface area contributed by atoms with E-state index in [4.69, 9.17) is 23.2 Å². The van der Waals surface area contributed by atoms with Gasteiger partial charge >= 0.3 is 12.1 Å². The zero-order chi connectivity index (χ0) is 23.4. The Morgan fingerprint density at radius 3 is 2.59 bits per heavy atom. The lowest BCUT2D eigenvalue weighted by atomic mass is 9.73. The second-order valence-corrected chi connectivity index (χ2v) is 9.42. The number of ketones is 1. The minimum Gasteiger partial charge on any atom is -0.355 e. The highest BCUT2D eigenvalue weighted by atomic mass is 35.5. The number of anilines is 2. The molecular weight excluding hydrogens is 466 g/mol. The summed E-state index contributed by atoms with van der Waals surface area (Å²) in [6, 6.07) is 5.86. The molecule has 1 aromatic carbocycles. The summed E-state index contributed by atoms with van der Waals surface area (Å²) in [4.78, 5) is 30.6. The molecule has 10 heteroatoms. The molecule has 168 valence electrons. The lowest BCUT2D eigenvalue weighted by molar-refractivity contribution is -0.170. The molecule has 1 N–H and O–H groups in total. The molecule has 2 aromatic rings. The van der Waals surface area contributed by atoms with Gasteiger partial charge in [-0.25, -0.2) is 4.98 Å². The maximum absolute atomic E-state index is 13.8. The summed E-state index contributed by atoms with van der Waals surface area (Å²) in [5, 5.41) is 3.38. The van der Waals surface area contributed by atoms with Crippen molar-refractivity contribution in [3.8, 4) is 0 Å². The molecule has 0 saturated carbocycles. The zero-order valence-electron chi connectivity index (χ0n) is 17.1. The molecule has 4 rings (SSSR count). The number of Topliss-reactive ketones (excluding diaryl/α,β-unsaturated/α-hetero) is 1. The van der Waals surface area contributed by atoms with Crippen LogP contribution in [0, 0.1) is 5.41 Å². The second kappa shape index (κ2) is 7.78. The number of carbonyl (C=O) groups excluding carboxylic acids is 2. The Morgan fingerprint density at radius 1 is 1.22 bits per heavy atom. The van der Waals surface area contributed by atoms with Gasteiger partial charge in [0.05, 0.1) is 11.7 Å². The van der Waals surface area contributed by atoms with Crippen molar-refractivity contribution < 1.29 is 22.8 Å². The number of benzene rings is 1. The first-order valence-electron chi connectivity index (χ1n) is 9.73. The minimum absolute atomic E-state index is 0.0336. The number of alkyl halides is 3. The molecule has 5 nitrogen and oxygen atoms in total. The number of halogens is 5. The molecule has 2 heterocycles. The van der Waals surface area contributed by atoms with Crippen molar-refractivity contribution in [2.45, 2.75) is 38.9 Å². The van der Waals surface area contributed by atoms with Gasteiger partial charge in [-0.1, -0.05) is 43.1 Å². The van der Waals surface area contributed by atoms with Crippen LogP contribution in [0.4, 0.5) is 24.7 Å². The van der Waals surface area contributed by atoms with Crippen molar-refractivity contribution in [2.75, 3.05) is 10.2 Å². The molecule has 0 radical (unpaired) electrons. The summed E-state index contributed by atoms with van der Waals surface area (Å²) >= 11 is 12.4. The highest BCUT2D eigenvalue weighted by Gasteiger charge is 2.51. The fourth-order valence-corrected chi connectivity index (χ4v) is 4.74. The fourth-order valence-electron chi connectivity index (χ4n) is 4.23. The Balaban J connectivity index is 2.07. The van der Waals surface area contributed by atoms with Gasteiger partial charge in [-0.2, -0.15) is 13.2 Å². The predicted molar refractivity (Wildman–Crippen MR) is 116 cm³/mol. The number of fused-ring (bicyclic) bond motifs is 1. The van der Waals surface area contributed by atoms with Gasteiger partial charge in [0.25, 0.3) is 0 Å². The van der Waals surface area contributed by atoms with Crippen LogP contribution in [0.5, 0.6) is 0 Å². The number of hydrogen-bond donors (Lipinski definition) is 1. The van der Waals surface area contributed by atoms with Crippen LogP contribution in [0.2, 0.25) is 10.0 Å². The molecule has 1 atom stereocenters. The maximum atomic E-state index is 13.8. The van der Waals surface area contributed by atoms with Crippen LogP contribution in [0.3, 0.4) is 0 Å². The molecule has 0 bridgehead atoms. The normalized spacial score (nSPS) is 20.3. The monoisotopic (exact) mass is 483 g/mol. The van der Waals surface area contributed by atoms with E-state index in [2.05, 4.69) is 10.3 Å². The van der Waals surface area contributed by atoms with Crippen LogP contribution in [0.15, 0.2) is 47.8 Å². The summed E-state index contributed by atoms with van der Waals surface area (Å²) in [5.74, 6) is -2.76.